The van der Waals surface area contributed by atoms with Crippen molar-refractivity contribution < 1.29 is 0 Å². The van der Waals surface area contributed by atoms with E-state index in [2.05, 4.69) is 47.8 Å². The molecule has 3 nitrogen and oxygen atoms in total. The number of benzene rings is 1. The van der Waals surface area contributed by atoms with E-state index in [-0.39, 0.29) is 0 Å². The third-order valence-electron chi connectivity index (χ3n) is 2.85. The topological polar surface area (TPSA) is 29.9 Å². The fraction of sp³-hybridized carbons (Fsp3) is 0.357. The van der Waals surface area contributed by atoms with Crippen molar-refractivity contribution in [3.8, 4) is 11.3 Å². The van der Waals surface area contributed by atoms with E-state index in [9.17, 15) is 0 Å². The van der Waals surface area contributed by atoms with Gasteiger partial charge >= 0.3 is 0 Å². The molecule has 0 radical (unpaired) electrons. The molecule has 0 spiro atoms. The minimum Gasteiger partial charge on any atom is -0.319 e. The Hall–Kier alpha value is -1.61. The third-order valence-corrected chi connectivity index (χ3v) is 2.85. The Morgan fingerprint density at radius 1 is 1.24 bits per heavy atom. The molecular weight excluding hydrogens is 210 g/mol. The summed E-state index contributed by atoms with van der Waals surface area (Å²) in [6.07, 6.45) is 3.17. The van der Waals surface area contributed by atoms with Crippen LogP contribution in [-0.4, -0.2) is 23.4 Å². The van der Waals surface area contributed by atoms with Gasteiger partial charge in [-0.2, -0.15) is 5.10 Å². The standard InChI is InChI=1S/C14H19N3/c1-3-17-11-13(9-10-15-2)14(16-17)12-7-5-4-6-8-12/h4-8,11,15H,3,9-10H2,1-2H3. The zero-order chi connectivity index (χ0) is 12.1. The minimum atomic E-state index is 0.916. The molecule has 2 rings (SSSR count). The lowest BCUT2D eigenvalue weighted by atomic mass is 10.1. The van der Waals surface area contributed by atoms with Crippen molar-refractivity contribution in [2.24, 2.45) is 0 Å². The van der Waals surface area contributed by atoms with E-state index in [0.717, 1.165) is 25.2 Å². The molecule has 2 aromatic rings. The van der Waals surface area contributed by atoms with Gasteiger partial charge in [0.25, 0.3) is 0 Å². The van der Waals surface area contributed by atoms with E-state index in [0.29, 0.717) is 0 Å². The molecule has 1 aromatic heterocycles. The van der Waals surface area contributed by atoms with Crippen molar-refractivity contribution in [3.63, 3.8) is 0 Å². The SMILES string of the molecule is CCn1cc(CCNC)c(-c2ccccc2)n1. The summed E-state index contributed by atoms with van der Waals surface area (Å²) in [4.78, 5) is 0. The molecule has 17 heavy (non-hydrogen) atoms. The Kier molecular flexibility index (Phi) is 3.94. The van der Waals surface area contributed by atoms with E-state index in [1.807, 2.05) is 17.8 Å². The first-order valence-electron chi connectivity index (χ1n) is 6.11. The second-order valence-electron chi connectivity index (χ2n) is 4.08. The summed E-state index contributed by atoms with van der Waals surface area (Å²) in [6.45, 7) is 4.01. The highest BCUT2D eigenvalue weighted by atomic mass is 15.3. The van der Waals surface area contributed by atoms with Gasteiger partial charge in [-0.3, -0.25) is 4.68 Å². The fourth-order valence-electron chi connectivity index (χ4n) is 1.91. The van der Waals surface area contributed by atoms with Crippen LogP contribution < -0.4 is 5.32 Å². The maximum absolute atomic E-state index is 4.64. The van der Waals surface area contributed by atoms with Crippen molar-refractivity contribution in [2.75, 3.05) is 13.6 Å². The van der Waals surface area contributed by atoms with E-state index in [1.165, 1.54) is 11.1 Å². The maximum atomic E-state index is 4.64. The molecule has 90 valence electrons. The van der Waals surface area contributed by atoms with Gasteiger partial charge < -0.3 is 5.32 Å². The van der Waals surface area contributed by atoms with Gasteiger partial charge in [0.2, 0.25) is 0 Å². The second kappa shape index (κ2) is 5.64. The van der Waals surface area contributed by atoms with Gasteiger partial charge in [-0.1, -0.05) is 30.3 Å². The van der Waals surface area contributed by atoms with Gasteiger partial charge in [0.15, 0.2) is 0 Å². The van der Waals surface area contributed by atoms with Gasteiger partial charge in [0.1, 0.15) is 0 Å². The highest BCUT2D eigenvalue weighted by Crippen LogP contribution is 2.22. The molecule has 1 heterocycles. The predicted molar refractivity (Wildman–Crippen MR) is 71.0 cm³/mol. The van der Waals surface area contributed by atoms with E-state index >= 15 is 0 Å². The Labute approximate surface area is 102 Å². The number of likely N-dealkylation sites (N-methyl/N-ethyl adjacent to an activating group) is 1. The molecule has 0 amide bonds. The molecule has 1 N–H and O–H groups in total. The van der Waals surface area contributed by atoms with E-state index < -0.39 is 0 Å². The fourth-order valence-corrected chi connectivity index (χ4v) is 1.91. The Balaban J connectivity index is 2.34. The first kappa shape index (κ1) is 11.9. The quantitative estimate of drug-likeness (QED) is 0.852. The first-order chi connectivity index (χ1) is 8.35. The summed E-state index contributed by atoms with van der Waals surface area (Å²) in [5.41, 5.74) is 3.63. The number of aryl methyl sites for hydroxylation is 1. The zero-order valence-corrected chi connectivity index (χ0v) is 10.5. The molecule has 0 aliphatic heterocycles. The molecule has 0 fully saturated rings. The molecule has 0 aliphatic carbocycles. The average Bonchev–Trinajstić information content (AvgIpc) is 2.80. The molecule has 0 aliphatic rings. The van der Waals surface area contributed by atoms with Gasteiger partial charge in [0, 0.05) is 18.3 Å². The van der Waals surface area contributed by atoms with Crippen LogP contribution in [-0.2, 0) is 13.0 Å². The maximum Gasteiger partial charge on any atom is 0.0955 e. The molecule has 0 bridgehead atoms. The van der Waals surface area contributed by atoms with E-state index in [4.69, 9.17) is 0 Å². The number of nitrogens with zero attached hydrogens (tertiary/aromatic N) is 2. The predicted octanol–water partition coefficient (Wildman–Crippen LogP) is 2.33. The van der Waals surface area contributed by atoms with Gasteiger partial charge in [0.05, 0.1) is 5.69 Å². The lowest BCUT2D eigenvalue weighted by Gasteiger charge is -2.01. The van der Waals surface area contributed by atoms with Gasteiger partial charge in [-0.15, -0.1) is 0 Å². The molecule has 0 unspecified atom stereocenters. The van der Waals surface area contributed by atoms with Crippen molar-refractivity contribution >= 4 is 0 Å². The number of aromatic nitrogens is 2. The first-order valence-corrected chi connectivity index (χ1v) is 6.11. The smallest absolute Gasteiger partial charge is 0.0955 e. The van der Waals surface area contributed by atoms with E-state index in [1.54, 1.807) is 0 Å². The Bertz CT molecular complexity index is 460. The highest BCUT2D eigenvalue weighted by Gasteiger charge is 2.09. The minimum absolute atomic E-state index is 0.916. The van der Waals surface area contributed by atoms with Crippen LogP contribution >= 0.6 is 0 Å². The number of hydrogen-bond acceptors (Lipinski definition) is 2. The second-order valence-corrected chi connectivity index (χ2v) is 4.08. The van der Waals surface area contributed by atoms with Crippen LogP contribution in [0.5, 0.6) is 0 Å². The molecule has 1 aromatic carbocycles. The monoisotopic (exact) mass is 229 g/mol. The van der Waals surface area contributed by atoms with Crippen molar-refractivity contribution in [1.29, 1.82) is 0 Å². The van der Waals surface area contributed by atoms with Crippen molar-refractivity contribution in [1.82, 2.24) is 15.1 Å². The lowest BCUT2D eigenvalue weighted by Crippen LogP contribution is -2.10. The van der Waals surface area contributed by atoms with Crippen LogP contribution in [0.1, 0.15) is 12.5 Å². The third kappa shape index (κ3) is 2.74. The Morgan fingerprint density at radius 3 is 2.65 bits per heavy atom. The number of rotatable bonds is 5. The zero-order valence-electron chi connectivity index (χ0n) is 10.5. The molecule has 0 saturated carbocycles. The molecule has 3 heteroatoms. The Morgan fingerprint density at radius 2 is 2.00 bits per heavy atom. The molecule has 0 atom stereocenters. The lowest BCUT2D eigenvalue weighted by molar-refractivity contribution is 0.660. The molecule has 0 saturated heterocycles. The van der Waals surface area contributed by atoms with Crippen molar-refractivity contribution in [3.05, 3.63) is 42.1 Å². The largest absolute Gasteiger partial charge is 0.319 e. The summed E-state index contributed by atoms with van der Waals surface area (Å²) in [5.74, 6) is 0. The van der Waals surface area contributed by atoms with Crippen LogP contribution in [0.2, 0.25) is 0 Å². The average molecular weight is 229 g/mol. The van der Waals surface area contributed by atoms with Gasteiger partial charge in [-0.05, 0) is 32.5 Å². The van der Waals surface area contributed by atoms with Crippen LogP contribution in [0, 0.1) is 0 Å². The van der Waals surface area contributed by atoms with Crippen LogP contribution in [0.4, 0.5) is 0 Å². The summed E-state index contributed by atoms with van der Waals surface area (Å²) < 4.78 is 2.01. The van der Waals surface area contributed by atoms with Crippen molar-refractivity contribution in [2.45, 2.75) is 19.9 Å². The summed E-state index contributed by atoms with van der Waals surface area (Å²) in [6, 6.07) is 10.4. The normalized spacial score (nSPS) is 10.7. The van der Waals surface area contributed by atoms with Crippen LogP contribution in [0.3, 0.4) is 0 Å². The summed E-state index contributed by atoms with van der Waals surface area (Å²) in [5, 5.41) is 7.83. The summed E-state index contributed by atoms with van der Waals surface area (Å²) >= 11 is 0. The number of nitrogens with one attached hydrogen (secondary N) is 1. The van der Waals surface area contributed by atoms with Crippen LogP contribution in [0.25, 0.3) is 11.3 Å². The summed E-state index contributed by atoms with van der Waals surface area (Å²) in [7, 11) is 1.98. The van der Waals surface area contributed by atoms with Crippen LogP contribution in [0.15, 0.2) is 36.5 Å². The highest BCUT2D eigenvalue weighted by molar-refractivity contribution is 5.62. The molecular formula is C14H19N3. The number of hydrogen-bond donors (Lipinski definition) is 1. The van der Waals surface area contributed by atoms with Gasteiger partial charge in [-0.25, -0.2) is 0 Å².